The van der Waals surface area contributed by atoms with Crippen LogP contribution in [0.4, 0.5) is 5.69 Å². The summed E-state index contributed by atoms with van der Waals surface area (Å²) < 4.78 is 5.29. The van der Waals surface area contributed by atoms with E-state index < -0.39 is 16.8 Å². The van der Waals surface area contributed by atoms with Gasteiger partial charge in [-0.05, 0) is 29.8 Å². The van der Waals surface area contributed by atoms with E-state index in [0.29, 0.717) is 5.56 Å². The van der Waals surface area contributed by atoms with Crippen molar-refractivity contribution < 1.29 is 19.2 Å². The SMILES string of the molecule is O=C(/C=C/c1ccccc1)Oc1ccc([N+](=O)[O-])cc1/C=N/NC(=O)c1ccccc1. The number of nitrogens with zero attached hydrogens (tertiary/aromatic N) is 2. The van der Waals surface area contributed by atoms with E-state index in [-0.39, 0.29) is 17.0 Å². The number of hydrazone groups is 1. The van der Waals surface area contributed by atoms with E-state index in [2.05, 4.69) is 10.5 Å². The number of ether oxygens (including phenoxy) is 1. The topological polar surface area (TPSA) is 111 Å². The number of amides is 1. The molecule has 1 amide bonds. The van der Waals surface area contributed by atoms with Crippen molar-refractivity contribution in [3.63, 3.8) is 0 Å². The monoisotopic (exact) mass is 415 g/mol. The zero-order valence-electron chi connectivity index (χ0n) is 16.2. The Balaban J connectivity index is 1.75. The smallest absolute Gasteiger partial charge is 0.336 e. The quantitative estimate of drug-likeness (QED) is 0.157. The van der Waals surface area contributed by atoms with Gasteiger partial charge in [0.2, 0.25) is 0 Å². The van der Waals surface area contributed by atoms with Crippen LogP contribution < -0.4 is 10.2 Å². The number of benzene rings is 3. The van der Waals surface area contributed by atoms with Crippen LogP contribution >= 0.6 is 0 Å². The maximum absolute atomic E-state index is 12.2. The third-order valence-corrected chi connectivity index (χ3v) is 4.03. The van der Waals surface area contributed by atoms with Gasteiger partial charge >= 0.3 is 5.97 Å². The van der Waals surface area contributed by atoms with Crippen molar-refractivity contribution in [2.24, 2.45) is 5.10 Å². The Hall–Kier alpha value is -4.59. The average Bonchev–Trinajstić information content (AvgIpc) is 2.79. The molecule has 0 radical (unpaired) electrons. The fraction of sp³-hybridized carbons (Fsp3) is 0. The van der Waals surface area contributed by atoms with Gasteiger partial charge in [-0.2, -0.15) is 5.10 Å². The van der Waals surface area contributed by atoms with Crippen molar-refractivity contribution in [1.82, 2.24) is 5.43 Å². The Morgan fingerprint density at radius 1 is 0.968 bits per heavy atom. The predicted molar refractivity (Wildman–Crippen MR) is 116 cm³/mol. The second-order valence-electron chi connectivity index (χ2n) is 6.21. The summed E-state index contributed by atoms with van der Waals surface area (Å²) in [5.41, 5.74) is 3.49. The average molecular weight is 415 g/mol. The van der Waals surface area contributed by atoms with Crippen LogP contribution in [0, 0.1) is 10.1 Å². The molecule has 3 aromatic carbocycles. The predicted octanol–water partition coefficient (Wildman–Crippen LogP) is 3.98. The number of rotatable bonds is 7. The van der Waals surface area contributed by atoms with Crippen molar-refractivity contribution in [3.8, 4) is 5.75 Å². The van der Waals surface area contributed by atoms with E-state index in [0.717, 1.165) is 5.56 Å². The lowest BCUT2D eigenvalue weighted by Gasteiger charge is -2.06. The summed E-state index contributed by atoms with van der Waals surface area (Å²) in [6.07, 6.45) is 4.01. The number of nitrogens with one attached hydrogen (secondary N) is 1. The largest absolute Gasteiger partial charge is 0.423 e. The lowest BCUT2D eigenvalue weighted by Crippen LogP contribution is -2.17. The lowest BCUT2D eigenvalue weighted by atomic mass is 10.2. The first-order chi connectivity index (χ1) is 15.0. The Labute approximate surface area is 177 Å². The van der Waals surface area contributed by atoms with Crippen LogP contribution in [0.2, 0.25) is 0 Å². The zero-order valence-corrected chi connectivity index (χ0v) is 16.2. The molecule has 8 heteroatoms. The van der Waals surface area contributed by atoms with Crippen molar-refractivity contribution in [1.29, 1.82) is 0 Å². The summed E-state index contributed by atoms with van der Waals surface area (Å²) in [5.74, 6) is -1.06. The van der Waals surface area contributed by atoms with Gasteiger partial charge in [-0.1, -0.05) is 48.5 Å². The summed E-state index contributed by atoms with van der Waals surface area (Å²) in [6.45, 7) is 0. The Bertz CT molecular complexity index is 1140. The molecule has 0 aromatic heterocycles. The Kier molecular flexibility index (Phi) is 6.99. The van der Waals surface area contributed by atoms with E-state index in [4.69, 9.17) is 4.74 Å². The van der Waals surface area contributed by atoms with Gasteiger partial charge in [0.25, 0.3) is 11.6 Å². The van der Waals surface area contributed by atoms with Gasteiger partial charge in [-0.25, -0.2) is 10.2 Å². The third kappa shape index (κ3) is 6.20. The number of carbonyl (C=O) groups excluding carboxylic acids is 2. The van der Waals surface area contributed by atoms with Gasteiger partial charge < -0.3 is 4.74 Å². The van der Waals surface area contributed by atoms with Crippen molar-refractivity contribution in [2.45, 2.75) is 0 Å². The molecule has 0 bridgehead atoms. The number of carbonyl (C=O) groups is 2. The summed E-state index contributed by atoms with van der Waals surface area (Å²) in [7, 11) is 0. The molecular weight excluding hydrogens is 398 g/mol. The number of hydrogen-bond donors (Lipinski definition) is 1. The van der Waals surface area contributed by atoms with E-state index in [1.54, 1.807) is 36.4 Å². The summed E-state index contributed by atoms with van der Waals surface area (Å²) >= 11 is 0. The Morgan fingerprint density at radius 2 is 1.65 bits per heavy atom. The molecule has 0 saturated heterocycles. The first-order valence-electron chi connectivity index (χ1n) is 9.15. The highest BCUT2D eigenvalue weighted by atomic mass is 16.6. The first-order valence-corrected chi connectivity index (χ1v) is 9.15. The molecule has 31 heavy (non-hydrogen) atoms. The minimum Gasteiger partial charge on any atom is -0.423 e. The van der Waals surface area contributed by atoms with Gasteiger partial charge in [0, 0.05) is 29.3 Å². The third-order valence-electron chi connectivity index (χ3n) is 4.03. The van der Waals surface area contributed by atoms with Crippen LogP contribution in [0.1, 0.15) is 21.5 Å². The molecule has 3 aromatic rings. The van der Waals surface area contributed by atoms with Crippen molar-refractivity contribution in [2.75, 3.05) is 0 Å². The van der Waals surface area contributed by atoms with Crippen LogP contribution in [0.3, 0.4) is 0 Å². The molecular formula is C23H17N3O5. The van der Waals surface area contributed by atoms with Crippen molar-refractivity contribution in [3.05, 3.63) is 112 Å². The van der Waals surface area contributed by atoms with E-state index in [1.807, 2.05) is 30.3 Å². The molecule has 0 aliphatic carbocycles. The second-order valence-corrected chi connectivity index (χ2v) is 6.21. The highest BCUT2D eigenvalue weighted by Crippen LogP contribution is 2.23. The standard InChI is InChI=1S/C23H17N3O5/c27-22(14-11-17-7-3-1-4-8-17)31-21-13-12-20(26(29)30)15-19(21)16-24-25-23(28)18-9-5-2-6-10-18/h1-16H,(H,25,28)/b14-11+,24-16+. The molecule has 154 valence electrons. The fourth-order valence-corrected chi connectivity index (χ4v) is 2.53. The number of esters is 1. The number of non-ortho nitro benzene ring substituents is 1. The van der Waals surface area contributed by atoms with Crippen molar-refractivity contribution >= 4 is 29.9 Å². The summed E-state index contributed by atoms with van der Waals surface area (Å²) in [6, 6.07) is 21.3. The normalized spacial score (nSPS) is 10.8. The lowest BCUT2D eigenvalue weighted by molar-refractivity contribution is -0.384. The van der Waals surface area contributed by atoms with Gasteiger partial charge in [0.05, 0.1) is 11.1 Å². The van der Waals surface area contributed by atoms with Crippen LogP contribution in [0.25, 0.3) is 6.08 Å². The zero-order chi connectivity index (χ0) is 22.1. The van der Waals surface area contributed by atoms with Gasteiger partial charge in [-0.15, -0.1) is 0 Å². The van der Waals surface area contributed by atoms with Crippen LogP contribution in [0.5, 0.6) is 5.75 Å². The molecule has 0 heterocycles. The van der Waals surface area contributed by atoms with E-state index in [1.165, 1.54) is 30.5 Å². The number of nitro groups is 1. The van der Waals surface area contributed by atoms with E-state index >= 15 is 0 Å². The van der Waals surface area contributed by atoms with Gasteiger partial charge in [-0.3, -0.25) is 14.9 Å². The molecule has 0 atom stereocenters. The molecule has 8 nitrogen and oxygen atoms in total. The minimum atomic E-state index is -0.666. The van der Waals surface area contributed by atoms with E-state index in [9.17, 15) is 19.7 Å². The highest BCUT2D eigenvalue weighted by Gasteiger charge is 2.13. The molecule has 0 unspecified atom stereocenters. The van der Waals surface area contributed by atoms with Crippen LogP contribution in [-0.4, -0.2) is 23.0 Å². The molecule has 1 N–H and O–H groups in total. The summed E-state index contributed by atoms with van der Waals surface area (Å²) in [5, 5.41) is 14.9. The first kappa shape index (κ1) is 21.1. The summed E-state index contributed by atoms with van der Waals surface area (Å²) in [4.78, 5) is 34.7. The second kappa shape index (κ2) is 10.3. The molecule has 0 aliphatic rings. The molecule has 0 fully saturated rings. The van der Waals surface area contributed by atoms with Crippen LogP contribution in [0.15, 0.2) is 90.0 Å². The number of nitro benzene ring substituents is 1. The maximum atomic E-state index is 12.2. The van der Waals surface area contributed by atoms with Crippen LogP contribution in [-0.2, 0) is 4.79 Å². The minimum absolute atomic E-state index is 0.0611. The molecule has 0 spiro atoms. The fourth-order valence-electron chi connectivity index (χ4n) is 2.53. The number of hydrogen-bond acceptors (Lipinski definition) is 6. The van der Waals surface area contributed by atoms with Gasteiger partial charge in [0.1, 0.15) is 5.75 Å². The Morgan fingerprint density at radius 3 is 2.32 bits per heavy atom. The molecule has 3 rings (SSSR count). The molecule has 0 aliphatic heterocycles. The highest BCUT2D eigenvalue weighted by molar-refractivity contribution is 5.95. The maximum Gasteiger partial charge on any atom is 0.336 e. The molecule has 0 saturated carbocycles. The van der Waals surface area contributed by atoms with Gasteiger partial charge in [0.15, 0.2) is 0 Å².